The van der Waals surface area contributed by atoms with Crippen LogP contribution in [-0.4, -0.2) is 5.38 Å². The smallest absolute Gasteiger partial charge is 0.0671 e. The third-order valence-corrected chi connectivity index (χ3v) is 5.39. The summed E-state index contributed by atoms with van der Waals surface area (Å²) in [5.41, 5.74) is 0.563. The molecule has 2 rings (SSSR count). The summed E-state index contributed by atoms with van der Waals surface area (Å²) in [5.74, 6) is 1.78. The Morgan fingerprint density at radius 3 is 2.50 bits per heavy atom. The molecule has 0 aromatic carbocycles. The van der Waals surface area contributed by atoms with Crippen molar-refractivity contribution >= 4 is 11.6 Å². The van der Waals surface area contributed by atoms with E-state index < -0.39 is 0 Å². The second kappa shape index (κ2) is 4.57. The van der Waals surface area contributed by atoms with E-state index in [1.54, 1.807) is 0 Å². The average Bonchev–Trinajstić information content (AvgIpc) is 2.25. The molecule has 2 fully saturated rings. The minimum atomic E-state index is 0.104. The topological polar surface area (TPSA) is 23.8 Å². The summed E-state index contributed by atoms with van der Waals surface area (Å²) in [4.78, 5) is 0. The van der Waals surface area contributed by atoms with Gasteiger partial charge in [-0.25, -0.2) is 0 Å². The van der Waals surface area contributed by atoms with Crippen LogP contribution < -0.4 is 0 Å². The number of hydrogen-bond acceptors (Lipinski definition) is 1. The van der Waals surface area contributed by atoms with Gasteiger partial charge < -0.3 is 0 Å². The fourth-order valence-corrected chi connectivity index (χ4v) is 3.76. The molecule has 0 aromatic heterocycles. The molecular weight excluding hydrogens is 218 g/mol. The Morgan fingerprint density at radius 1 is 1.31 bits per heavy atom. The fourth-order valence-electron chi connectivity index (χ4n) is 3.32. The predicted octanol–water partition coefficient (Wildman–Crippen LogP) is 4.36. The lowest BCUT2D eigenvalue weighted by Gasteiger charge is -2.47. The highest BCUT2D eigenvalue weighted by Crippen LogP contribution is 2.50. The molecule has 0 heterocycles. The number of halogens is 1. The Bertz CT molecular complexity index is 292. The van der Waals surface area contributed by atoms with E-state index in [1.165, 1.54) is 25.7 Å². The molecule has 2 aliphatic carbocycles. The molecule has 0 bridgehead atoms. The van der Waals surface area contributed by atoms with Crippen molar-refractivity contribution in [3.8, 4) is 6.07 Å². The third kappa shape index (κ3) is 2.38. The molecule has 0 aromatic rings. The quantitative estimate of drug-likeness (QED) is 0.657. The summed E-state index contributed by atoms with van der Waals surface area (Å²) < 4.78 is 0. The highest BCUT2D eigenvalue weighted by Gasteiger charge is 2.40. The Balaban J connectivity index is 1.83. The van der Waals surface area contributed by atoms with Crippen LogP contribution in [0.4, 0.5) is 0 Å². The molecule has 4 atom stereocenters. The van der Waals surface area contributed by atoms with Crippen molar-refractivity contribution in [1.82, 2.24) is 0 Å². The van der Waals surface area contributed by atoms with Gasteiger partial charge in [-0.1, -0.05) is 13.8 Å². The van der Waals surface area contributed by atoms with Crippen LogP contribution in [0.5, 0.6) is 0 Å². The van der Waals surface area contributed by atoms with Crippen LogP contribution in [0.1, 0.15) is 52.4 Å². The maximum absolute atomic E-state index is 8.94. The third-order valence-electron chi connectivity index (χ3n) is 4.91. The first-order valence-corrected chi connectivity index (χ1v) is 7.00. The largest absolute Gasteiger partial charge is 0.198 e. The van der Waals surface area contributed by atoms with Crippen LogP contribution in [0, 0.1) is 34.5 Å². The molecule has 90 valence electrons. The van der Waals surface area contributed by atoms with E-state index in [9.17, 15) is 0 Å². The maximum atomic E-state index is 8.94. The first-order valence-electron chi connectivity index (χ1n) is 6.56. The van der Waals surface area contributed by atoms with E-state index in [2.05, 4.69) is 19.9 Å². The molecular formula is C14H22ClN. The maximum Gasteiger partial charge on any atom is 0.0671 e. The SMILES string of the molecule is CC1(C)CCC1CC1CC[C@@H](C#N)C(Cl)C1. The van der Waals surface area contributed by atoms with Crippen LogP contribution in [0.25, 0.3) is 0 Å². The molecule has 0 aliphatic heterocycles. The number of nitrogens with zero attached hydrogens (tertiary/aromatic N) is 1. The minimum absolute atomic E-state index is 0.104. The van der Waals surface area contributed by atoms with E-state index in [-0.39, 0.29) is 11.3 Å². The number of nitriles is 1. The number of hydrogen-bond donors (Lipinski definition) is 0. The van der Waals surface area contributed by atoms with E-state index in [0.717, 1.165) is 24.7 Å². The Kier molecular flexibility index (Phi) is 3.50. The van der Waals surface area contributed by atoms with Crippen LogP contribution in [0.3, 0.4) is 0 Å². The van der Waals surface area contributed by atoms with Gasteiger partial charge in [-0.3, -0.25) is 0 Å². The van der Waals surface area contributed by atoms with Crippen molar-refractivity contribution in [3.63, 3.8) is 0 Å². The van der Waals surface area contributed by atoms with Gasteiger partial charge in [0.15, 0.2) is 0 Å². The molecule has 2 aliphatic rings. The summed E-state index contributed by atoms with van der Waals surface area (Å²) in [5, 5.41) is 9.04. The van der Waals surface area contributed by atoms with E-state index >= 15 is 0 Å². The van der Waals surface area contributed by atoms with Crippen molar-refractivity contribution < 1.29 is 0 Å². The van der Waals surface area contributed by atoms with Crippen LogP contribution in [0.2, 0.25) is 0 Å². The van der Waals surface area contributed by atoms with E-state index in [0.29, 0.717) is 5.41 Å². The first-order chi connectivity index (χ1) is 7.53. The van der Waals surface area contributed by atoms with Gasteiger partial charge in [0, 0.05) is 5.38 Å². The van der Waals surface area contributed by atoms with Gasteiger partial charge in [-0.05, 0) is 55.8 Å². The lowest BCUT2D eigenvalue weighted by atomic mass is 9.59. The van der Waals surface area contributed by atoms with Gasteiger partial charge in [0.05, 0.1) is 12.0 Å². The Morgan fingerprint density at radius 2 is 2.06 bits per heavy atom. The molecule has 0 radical (unpaired) electrons. The molecule has 1 nitrogen and oxygen atoms in total. The molecule has 2 heteroatoms. The molecule has 2 saturated carbocycles. The van der Waals surface area contributed by atoms with Gasteiger partial charge in [0.1, 0.15) is 0 Å². The Labute approximate surface area is 104 Å². The summed E-state index contributed by atoms with van der Waals surface area (Å²) in [6.07, 6.45) is 7.42. The first kappa shape index (κ1) is 12.2. The van der Waals surface area contributed by atoms with Crippen molar-refractivity contribution in [1.29, 1.82) is 5.26 Å². The minimum Gasteiger partial charge on any atom is -0.198 e. The number of rotatable bonds is 2. The van der Waals surface area contributed by atoms with Crippen molar-refractivity contribution in [2.24, 2.45) is 23.2 Å². The highest BCUT2D eigenvalue weighted by atomic mass is 35.5. The van der Waals surface area contributed by atoms with Gasteiger partial charge >= 0.3 is 0 Å². The van der Waals surface area contributed by atoms with Gasteiger partial charge in [-0.15, -0.1) is 11.6 Å². The average molecular weight is 240 g/mol. The van der Waals surface area contributed by atoms with E-state index in [4.69, 9.17) is 16.9 Å². The van der Waals surface area contributed by atoms with E-state index in [1.807, 2.05) is 0 Å². The lowest BCUT2D eigenvalue weighted by molar-refractivity contribution is 0.0427. The second-order valence-electron chi connectivity index (χ2n) is 6.39. The zero-order chi connectivity index (χ0) is 11.8. The predicted molar refractivity (Wildman–Crippen MR) is 67.2 cm³/mol. The lowest BCUT2D eigenvalue weighted by Crippen LogP contribution is -2.37. The fraction of sp³-hybridized carbons (Fsp3) is 0.929. The van der Waals surface area contributed by atoms with Crippen LogP contribution in [-0.2, 0) is 0 Å². The zero-order valence-corrected chi connectivity index (χ0v) is 11.1. The van der Waals surface area contributed by atoms with Gasteiger partial charge in [0.2, 0.25) is 0 Å². The summed E-state index contributed by atoms with van der Waals surface area (Å²) in [6, 6.07) is 2.34. The van der Waals surface area contributed by atoms with Crippen LogP contribution >= 0.6 is 11.6 Å². The molecule has 3 unspecified atom stereocenters. The summed E-state index contributed by atoms with van der Waals surface area (Å²) in [7, 11) is 0. The molecule has 0 amide bonds. The van der Waals surface area contributed by atoms with Crippen molar-refractivity contribution in [2.75, 3.05) is 0 Å². The molecule has 0 spiro atoms. The standard InChI is InChI=1S/C14H22ClN/c1-14(2)6-5-12(14)7-10-3-4-11(9-16)13(15)8-10/h10-13H,3-8H2,1-2H3/t10?,11-,12?,13?/m0/s1. The molecule has 0 N–H and O–H groups in total. The zero-order valence-electron chi connectivity index (χ0n) is 10.4. The number of alkyl halides is 1. The van der Waals surface area contributed by atoms with Gasteiger partial charge in [0.25, 0.3) is 0 Å². The van der Waals surface area contributed by atoms with Crippen molar-refractivity contribution in [2.45, 2.75) is 57.7 Å². The highest BCUT2D eigenvalue weighted by molar-refractivity contribution is 6.21. The monoisotopic (exact) mass is 239 g/mol. The van der Waals surface area contributed by atoms with Crippen LogP contribution in [0.15, 0.2) is 0 Å². The molecule has 0 saturated heterocycles. The molecule has 16 heavy (non-hydrogen) atoms. The normalized spacial score (nSPS) is 42.1. The summed E-state index contributed by atoms with van der Waals surface area (Å²) >= 11 is 6.27. The van der Waals surface area contributed by atoms with Gasteiger partial charge in [-0.2, -0.15) is 5.26 Å². The second-order valence-corrected chi connectivity index (χ2v) is 6.95. The summed E-state index contributed by atoms with van der Waals surface area (Å²) in [6.45, 7) is 4.78. The Hall–Kier alpha value is -0.220. The van der Waals surface area contributed by atoms with Crippen molar-refractivity contribution in [3.05, 3.63) is 0 Å².